The molecular formula is C20H21ClN4O2. The van der Waals surface area contributed by atoms with Crippen molar-refractivity contribution in [1.82, 2.24) is 4.90 Å². The number of benzene rings is 2. The molecule has 2 aliphatic heterocycles. The summed E-state index contributed by atoms with van der Waals surface area (Å²) in [5, 5.41) is 0.703. The van der Waals surface area contributed by atoms with E-state index in [9.17, 15) is 4.79 Å². The van der Waals surface area contributed by atoms with Crippen LogP contribution in [0.2, 0.25) is 5.02 Å². The van der Waals surface area contributed by atoms with Crippen molar-refractivity contribution in [3.8, 4) is 5.75 Å². The van der Waals surface area contributed by atoms with Gasteiger partial charge in [0.25, 0.3) is 5.91 Å². The molecule has 0 aliphatic carbocycles. The normalized spacial score (nSPS) is 15.4. The molecule has 0 unspecified atom stereocenters. The Balaban J connectivity index is 1.74. The summed E-state index contributed by atoms with van der Waals surface area (Å²) in [6, 6.07) is 11.8. The van der Waals surface area contributed by atoms with E-state index >= 15 is 0 Å². The predicted molar refractivity (Wildman–Crippen MR) is 108 cm³/mol. The Labute approximate surface area is 163 Å². The Hall–Kier alpha value is -2.73. The number of anilines is 2. The average Bonchev–Trinajstić information content (AvgIpc) is 3.04. The van der Waals surface area contributed by atoms with E-state index in [4.69, 9.17) is 16.3 Å². The van der Waals surface area contributed by atoms with Crippen LogP contribution in [0, 0.1) is 0 Å². The molecule has 6 nitrogen and oxygen atoms in total. The van der Waals surface area contributed by atoms with Gasteiger partial charge in [-0.2, -0.15) is 4.99 Å². The summed E-state index contributed by atoms with van der Waals surface area (Å²) >= 11 is 6.48. The van der Waals surface area contributed by atoms with Gasteiger partial charge < -0.3 is 19.4 Å². The number of carbonyl (C=O) groups is 1. The Morgan fingerprint density at radius 2 is 1.89 bits per heavy atom. The van der Waals surface area contributed by atoms with Crippen molar-refractivity contribution < 1.29 is 9.53 Å². The molecule has 0 fully saturated rings. The Morgan fingerprint density at radius 3 is 2.56 bits per heavy atom. The zero-order valence-corrected chi connectivity index (χ0v) is 16.3. The van der Waals surface area contributed by atoms with E-state index in [1.165, 1.54) is 0 Å². The number of nitrogens with zero attached hydrogens (tertiary/aromatic N) is 4. The van der Waals surface area contributed by atoms with Gasteiger partial charge in [-0.05, 0) is 29.8 Å². The molecule has 2 aliphatic rings. The number of guanidine groups is 1. The quantitative estimate of drug-likeness (QED) is 0.810. The number of halogens is 1. The number of hydrogen-bond donors (Lipinski definition) is 0. The lowest BCUT2D eigenvalue weighted by atomic mass is 10.0. The van der Waals surface area contributed by atoms with Crippen LogP contribution in [0.3, 0.4) is 0 Å². The van der Waals surface area contributed by atoms with Crippen LogP contribution < -0.4 is 14.5 Å². The number of methoxy groups -OCH3 is 1. The summed E-state index contributed by atoms with van der Waals surface area (Å²) in [6.45, 7) is 1.54. The van der Waals surface area contributed by atoms with Gasteiger partial charge >= 0.3 is 0 Å². The smallest absolute Gasteiger partial charge is 0.268 e. The van der Waals surface area contributed by atoms with Crippen LogP contribution >= 0.6 is 11.6 Å². The molecule has 0 spiro atoms. The van der Waals surface area contributed by atoms with Gasteiger partial charge in [0, 0.05) is 26.2 Å². The van der Waals surface area contributed by atoms with Gasteiger partial charge in [0.2, 0.25) is 5.96 Å². The fourth-order valence-corrected chi connectivity index (χ4v) is 4.02. The third-order valence-corrected chi connectivity index (χ3v) is 5.18. The molecule has 27 heavy (non-hydrogen) atoms. The molecule has 0 aromatic heterocycles. The molecule has 140 valence electrons. The zero-order chi connectivity index (χ0) is 19.1. The summed E-state index contributed by atoms with van der Waals surface area (Å²) in [5.74, 6) is 1.40. The molecule has 2 aromatic carbocycles. The van der Waals surface area contributed by atoms with E-state index in [2.05, 4.69) is 9.89 Å². The molecule has 2 heterocycles. The van der Waals surface area contributed by atoms with Crippen molar-refractivity contribution >= 4 is 34.8 Å². The molecule has 0 bridgehead atoms. The third-order valence-electron chi connectivity index (χ3n) is 4.87. The molecule has 1 amide bonds. The minimum Gasteiger partial charge on any atom is -0.497 e. The maximum atomic E-state index is 12.1. The first-order valence-corrected chi connectivity index (χ1v) is 9.11. The fraction of sp³-hybridized carbons (Fsp3) is 0.300. The number of rotatable bonds is 4. The highest BCUT2D eigenvalue weighted by atomic mass is 35.5. The lowest BCUT2D eigenvalue weighted by molar-refractivity contribution is -0.115. The molecule has 0 saturated carbocycles. The number of ether oxygens (including phenoxy) is 1. The number of amides is 1. The first-order valence-electron chi connectivity index (χ1n) is 8.73. The second kappa shape index (κ2) is 6.78. The average molecular weight is 385 g/mol. The minimum absolute atomic E-state index is 0.126. The van der Waals surface area contributed by atoms with Gasteiger partial charge in [0.15, 0.2) is 0 Å². The predicted octanol–water partition coefficient (Wildman–Crippen LogP) is 3.13. The van der Waals surface area contributed by atoms with Crippen LogP contribution in [0.1, 0.15) is 11.1 Å². The lowest BCUT2D eigenvalue weighted by Crippen LogP contribution is -2.46. The highest BCUT2D eigenvalue weighted by Crippen LogP contribution is 2.41. The van der Waals surface area contributed by atoms with Crippen molar-refractivity contribution in [2.24, 2.45) is 4.99 Å². The number of fused-ring (bicyclic) bond motifs is 3. The van der Waals surface area contributed by atoms with Gasteiger partial charge in [-0.1, -0.05) is 23.7 Å². The summed E-state index contributed by atoms with van der Waals surface area (Å²) < 4.78 is 5.23. The van der Waals surface area contributed by atoms with Crippen molar-refractivity contribution in [2.75, 3.05) is 37.5 Å². The van der Waals surface area contributed by atoms with E-state index < -0.39 is 0 Å². The maximum Gasteiger partial charge on any atom is 0.268 e. The van der Waals surface area contributed by atoms with Gasteiger partial charge in [0.1, 0.15) is 12.3 Å². The van der Waals surface area contributed by atoms with Crippen LogP contribution in [0.25, 0.3) is 0 Å². The van der Waals surface area contributed by atoms with E-state index in [0.29, 0.717) is 24.1 Å². The topological polar surface area (TPSA) is 48.4 Å². The third kappa shape index (κ3) is 3.10. The van der Waals surface area contributed by atoms with Crippen molar-refractivity contribution in [1.29, 1.82) is 0 Å². The van der Waals surface area contributed by atoms with Gasteiger partial charge in [-0.15, -0.1) is 0 Å². The van der Waals surface area contributed by atoms with Crippen molar-refractivity contribution in [3.05, 3.63) is 52.5 Å². The summed E-state index contributed by atoms with van der Waals surface area (Å²) in [5.41, 5.74) is 4.20. The standard InChI is InChI=1S/C20H21ClN4O2/c1-23(2)19-15-11-24(10-13-4-6-14(27-3)7-5-13)20-22-18(26)12-25(20)17(15)9-8-16(19)21/h4-9H,10-12H2,1-3H3. The van der Waals surface area contributed by atoms with E-state index in [1.807, 2.05) is 60.3 Å². The molecule has 0 N–H and O–H groups in total. The van der Waals surface area contributed by atoms with Gasteiger partial charge in [0.05, 0.1) is 30.1 Å². The monoisotopic (exact) mass is 384 g/mol. The van der Waals surface area contributed by atoms with Crippen molar-refractivity contribution in [3.63, 3.8) is 0 Å². The molecule has 4 rings (SSSR count). The van der Waals surface area contributed by atoms with E-state index in [-0.39, 0.29) is 12.5 Å². The zero-order valence-electron chi connectivity index (χ0n) is 15.6. The van der Waals surface area contributed by atoms with E-state index in [0.717, 1.165) is 28.3 Å². The summed E-state index contributed by atoms with van der Waals surface area (Å²) in [4.78, 5) is 22.5. The number of hydrogen-bond acceptors (Lipinski definition) is 5. The van der Waals surface area contributed by atoms with Crippen LogP contribution in [-0.2, 0) is 17.9 Å². The summed E-state index contributed by atoms with van der Waals surface area (Å²) in [6.07, 6.45) is 0. The number of carbonyl (C=O) groups excluding carboxylic acids is 1. The summed E-state index contributed by atoms with van der Waals surface area (Å²) in [7, 11) is 5.61. The van der Waals surface area contributed by atoms with Gasteiger partial charge in [-0.3, -0.25) is 4.79 Å². The minimum atomic E-state index is -0.126. The second-order valence-electron chi connectivity index (χ2n) is 6.88. The maximum absolute atomic E-state index is 12.1. The molecule has 7 heteroatoms. The molecule has 0 atom stereocenters. The van der Waals surface area contributed by atoms with E-state index in [1.54, 1.807) is 7.11 Å². The largest absolute Gasteiger partial charge is 0.497 e. The molecule has 0 radical (unpaired) electrons. The molecule has 2 aromatic rings. The van der Waals surface area contributed by atoms with Crippen LogP contribution in [0.4, 0.5) is 11.4 Å². The Morgan fingerprint density at radius 1 is 1.15 bits per heavy atom. The second-order valence-corrected chi connectivity index (χ2v) is 7.29. The lowest BCUT2D eigenvalue weighted by Gasteiger charge is -2.39. The first kappa shape index (κ1) is 17.7. The van der Waals surface area contributed by atoms with Crippen LogP contribution in [0.15, 0.2) is 41.4 Å². The highest BCUT2D eigenvalue weighted by molar-refractivity contribution is 6.33. The molecular weight excluding hydrogens is 364 g/mol. The van der Waals surface area contributed by atoms with Crippen LogP contribution in [0.5, 0.6) is 5.75 Å². The Kier molecular flexibility index (Phi) is 4.44. The van der Waals surface area contributed by atoms with Gasteiger partial charge in [-0.25, -0.2) is 0 Å². The number of aliphatic imine (C=N–C) groups is 1. The SMILES string of the molecule is COc1ccc(CN2Cc3c(ccc(Cl)c3N(C)C)N3CC(=O)N=C23)cc1. The van der Waals surface area contributed by atoms with Crippen LogP contribution in [-0.4, -0.2) is 44.5 Å². The first-order chi connectivity index (χ1) is 13.0. The highest BCUT2D eigenvalue weighted by Gasteiger charge is 2.36. The molecule has 0 saturated heterocycles. The Bertz CT molecular complexity index is 924. The van der Waals surface area contributed by atoms with Crippen molar-refractivity contribution in [2.45, 2.75) is 13.1 Å². The fourth-order valence-electron chi connectivity index (χ4n) is 3.68.